The van der Waals surface area contributed by atoms with E-state index in [2.05, 4.69) is 15.6 Å². The molecule has 3 rings (SSSR count). The van der Waals surface area contributed by atoms with Crippen molar-refractivity contribution in [3.63, 3.8) is 0 Å². The summed E-state index contributed by atoms with van der Waals surface area (Å²) in [5, 5.41) is 6.48. The molecule has 0 aliphatic carbocycles. The van der Waals surface area contributed by atoms with Gasteiger partial charge in [0.1, 0.15) is 11.6 Å². The zero-order chi connectivity index (χ0) is 18.5. The molecule has 132 valence electrons. The van der Waals surface area contributed by atoms with E-state index < -0.39 is 11.7 Å². The smallest absolute Gasteiger partial charge is 0.260 e. The van der Waals surface area contributed by atoms with E-state index in [1.165, 1.54) is 24.4 Å². The molecule has 26 heavy (non-hydrogen) atoms. The van der Waals surface area contributed by atoms with Gasteiger partial charge in [-0.1, -0.05) is 41.4 Å². The summed E-state index contributed by atoms with van der Waals surface area (Å²) in [4.78, 5) is 16.4. The van der Waals surface area contributed by atoms with Crippen LogP contribution in [0.2, 0.25) is 10.0 Å². The van der Waals surface area contributed by atoms with E-state index in [-0.39, 0.29) is 10.6 Å². The van der Waals surface area contributed by atoms with E-state index in [1.54, 1.807) is 12.1 Å². The molecule has 3 aromatic rings. The lowest BCUT2D eigenvalue weighted by Crippen LogP contribution is -2.14. The van der Waals surface area contributed by atoms with Gasteiger partial charge in [0.05, 0.1) is 22.5 Å². The summed E-state index contributed by atoms with van der Waals surface area (Å²) in [6.45, 7) is 0.584. The van der Waals surface area contributed by atoms with Crippen LogP contribution >= 0.6 is 23.2 Å². The van der Waals surface area contributed by atoms with Gasteiger partial charge in [0, 0.05) is 11.6 Å². The Morgan fingerprint density at radius 1 is 1.04 bits per heavy atom. The third-order valence-corrected chi connectivity index (χ3v) is 4.17. The van der Waals surface area contributed by atoms with Gasteiger partial charge in [-0.3, -0.25) is 4.79 Å². The second-order valence-corrected chi connectivity index (χ2v) is 6.31. The highest BCUT2D eigenvalue weighted by atomic mass is 35.5. The van der Waals surface area contributed by atoms with Gasteiger partial charge >= 0.3 is 0 Å². The quantitative estimate of drug-likeness (QED) is 0.614. The van der Waals surface area contributed by atoms with Crippen molar-refractivity contribution in [2.45, 2.75) is 6.54 Å². The predicted octanol–water partition coefficient (Wildman–Crippen LogP) is 5.39. The number of amides is 1. The molecule has 1 heterocycles. The molecule has 0 spiro atoms. The summed E-state index contributed by atoms with van der Waals surface area (Å²) in [7, 11) is 0. The van der Waals surface area contributed by atoms with Gasteiger partial charge in [-0.25, -0.2) is 9.37 Å². The van der Waals surface area contributed by atoms with Crippen molar-refractivity contribution in [3.8, 4) is 0 Å². The minimum Gasteiger partial charge on any atom is -0.366 e. The molecular weight excluding hydrogens is 376 g/mol. The van der Waals surface area contributed by atoms with Crippen LogP contribution in [-0.4, -0.2) is 10.9 Å². The predicted molar refractivity (Wildman–Crippen MR) is 102 cm³/mol. The fourth-order valence-corrected chi connectivity index (χ4v) is 2.65. The molecule has 7 heteroatoms. The maximum Gasteiger partial charge on any atom is 0.260 e. The van der Waals surface area contributed by atoms with Crippen molar-refractivity contribution < 1.29 is 9.18 Å². The van der Waals surface area contributed by atoms with Gasteiger partial charge in [-0.15, -0.1) is 0 Å². The lowest BCUT2D eigenvalue weighted by atomic mass is 10.2. The Hall–Kier alpha value is -2.63. The maximum absolute atomic E-state index is 13.8. The van der Waals surface area contributed by atoms with Crippen LogP contribution in [-0.2, 0) is 6.54 Å². The van der Waals surface area contributed by atoms with E-state index in [0.29, 0.717) is 23.1 Å². The molecule has 0 aliphatic rings. The Kier molecular flexibility index (Phi) is 5.71. The number of rotatable bonds is 5. The SMILES string of the molecule is O=C(Nc1ccc(NCc2ccc(Cl)cc2)nc1)c1c(F)cccc1Cl. The van der Waals surface area contributed by atoms with Crippen LogP contribution < -0.4 is 10.6 Å². The second-order valence-electron chi connectivity index (χ2n) is 5.46. The number of nitrogens with one attached hydrogen (secondary N) is 2. The highest BCUT2D eigenvalue weighted by Gasteiger charge is 2.15. The van der Waals surface area contributed by atoms with Crippen LogP contribution in [0.4, 0.5) is 15.9 Å². The lowest BCUT2D eigenvalue weighted by molar-refractivity contribution is 0.102. The van der Waals surface area contributed by atoms with Crippen LogP contribution in [0.25, 0.3) is 0 Å². The Labute approximate surface area is 160 Å². The van der Waals surface area contributed by atoms with E-state index >= 15 is 0 Å². The molecule has 0 fully saturated rings. The Balaban J connectivity index is 1.62. The van der Waals surface area contributed by atoms with Gasteiger partial charge in [0.2, 0.25) is 0 Å². The number of anilines is 2. The fourth-order valence-electron chi connectivity index (χ4n) is 2.28. The highest BCUT2D eigenvalue weighted by molar-refractivity contribution is 6.34. The first-order chi connectivity index (χ1) is 12.5. The number of nitrogens with zero attached hydrogens (tertiary/aromatic N) is 1. The number of pyridine rings is 1. The van der Waals surface area contributed by atoms with Crippen LogP contribution in [0.3, 0.4) is 0 Å². The molecule has 0 atom stereocenters. The summed E-state index contributed by atoms with van der Waals surface area (Å²) in [6, 6.07) is 14.9. The first-order valence-electron chi connectivity index (χ1n) is 7.72. The summed E-state index contributed by atoms with van der Waals surface area (Å²) in [5.41, 5.74) is 1.30. The third kappa shape index (κ3) is 4.50. The van der Waals surface area contributed by atoms with E-state index in [1.807, 2.05) is 24.3 Å². The third-order valence-electron chi connectivity index (χ3n) is 3.60. The number of carbonyl (C=O) groups excluding carboxylic acids is 1. The minimum atomic E-state index is -0.677. The first-order valence-corrected chi connectivity index (χ1v) is 8.48. The van der Waals surface area contributed by atoms with Gasteiger partial charge in [-0.05, 0) is 42.0 Å². The van der Waals surface area contributed by atoms with Gasteiger partial charge in [0.15, 0.2) is 0 Å². The minimum absolute atomic E-state index is 0.0525. The van der Waals surface area contributed by atoms with Crippen molar-refractivity contribution in [1.29, 1.82) is 0 Å². The van der Waals surface area contributed by atoms with Crippen molar-refractivity contribution in [2.75, 3.05) is 10.6 Å². The number of aromatic nitrogens is 1. The monoisotopic (exact) mass is 389 g/mol. The molecule has 0 unspecified atom stereocenters. The molecule has 0 saturated carbocycles. The number of hydrogen-bond acceptors (Lipinski definition) is 3. The average Bonchev–Trinajstić information content (AvgIpc) is 2.62. The molecular formula is C19H14Cl2FN3O. The number of carbonyl (C=O) groups is 1. The molecule has 4 nitrogen and oxygen atoms in total. The van der Waals surface area contributed by atoms with Gasteiger partial charge in [0.25, 0.3) is 5.91 Å². The van der Waals surface area contributed by atoms with Crippen LogP contribution in [0.15, 0.2) is 60.8 Å². The first kappa shape index (κ1) is 18.2. The molecule has 0 radical (unpaired) electrons. The molecule has 0 aliphatic heterocycles. The number of halogens is 3. The number of hydrogen-bond donors (Lipinski definition) is 2. The van der Waals surface area contributed by atoms with Crippen LogP contribution in [0.1, 0.15) is 15.9 Å². The standard InChI is InChI=1S/C19H14Cl2FN3O/c20-13-6-4-12(5-7-13)10-23-17-9-8-14(11-24-17)25-19(26)18-15(21)2-1-3-16(18)22/h1-9,11H,10H2,(H,23,24)(H,25,26). The zero-order valence-electron chi connectivity index (χ0n) is 13.5. The summed E-state index contributed by atoms with van der Waals surface area (Å²) < 4.78 is 13.8. The molecule has 0 bridgehead atoms. The van der Waals surface area contributed by atoms with E-state index in [9.17, 15) is 9.18 Å². The summed E-state index contributed by atoms with van der Waals surface area (Å²) in [6.07, 6.45) is 1.48. The maximum atomic E-state index is 13.8. The van der Waals surface area contributed by atoms with Crippen LogP contribution in [0, 0.1) is 5.82 Å². The highest BCUT2D eigenvalue weighted by Crippen LogP contribution is 2.21. The molecule has 1 amide bonds. The van der Waals surface area contributed by atoms with Crippen molar-refractivity contribution in [1.82, 2.24) is 4.98 Å². The molecule has 1 aromatic heterocycles. The summed E-state index contributed by atoms with van der Waals surface area (Å²) in [5.74, 6) is -0.664. The largest absolute Gasteiger partial charge is 0.366 e. The molecule has 2 aromatic carbocycles. The van der Waals surface area contributed by atoms with Gasteiger partial charge in [-0.2, -0.15) is 0 Å². The molecule has 2 N–H and O–H groups in total. The Morgan fingerprint density at radius 3 is 2.46 bits per heavy atom. The van der Waals surface area contributed by atoms with Crippen molar-refractivity contribution >= 4 is 40.6 Å². The fraction of sp³-hybridized carbons (Fsp3) is 0.0526. The summed E-state index contributed by atoms with van der Waals surface area (Å²) >= 11 is 11.7. The lowest BCUT2D eigenvalue weighted by Gasteiger charge is -2.09. The average molecular weight is 390 g/mol. The number of benzene rings is 2. The van der Waals surface area contributed by atoms with E-state index in [0.717, 1.165) is 5.56 Å². The topological polar surface area (TPSA) is 54.0 Å². The normalized spacial score (nSPS) is 10.4. The van der Waals surface area contributed by atoms with Crippen LogP contribution in [0.5, 0.6) is 0 Å². The van der Waals surface area contributed by atoms with Crippen molar-refractivity contribution in [3.05, 3.63) is 87.8 Å². The zero-order valence-corrected chi connectivity index (χ0v) is 15.0. The second kappa shape index (κ2) is 8.17. The van der Waals surface area contributed by atoms with Gasteiger partial charge < -0.3 is 10.6 Å². The van der Waals surface area contributed by atoms with Crippen molar-refractivity contribution in [2.24, 2.45) is 0 Å². The molecule has 0 saturated heterocycles. The Morgan fingerprint density at radius 2 is 1.81 bits per heavy atom. The van der Waals surface area contributed by atoms with E-state index in [4.69, 9.17) is 23.2 Å². The Bertz CT molecular complexity index is 895.